The van der Waals surface area contributed by atoms with Crippen LogP contribution < -0.4 is 5.32 Å². The molecule has 1 aliphatic heterocycles. The Morgan fingerprint density at radius 1 is 1.19 bits per heavy atom. The number of hydrogen-bond donors (Lipinski definition) is 3. The molecule has 1 saturated carbocycles. The van der Waals surface area contributed by atoms with Crippen molar-refractivity contribution >= 4 is 12.0 Å². The number of rotatable bonds is 5. The minimum Gasteiger partial charge on any atom is -0.465 e. The number of ether oxygens (including phenoxy) is 1. The highest BCUT2D eigenvalue weighted by Crippen LogP contribution is 2.41. The number of amides is 2. The first kappa shape index (κ1) is 24.5. The van der Waals surface area contributed by atoms with E-state index in [1.54, 1.807) is 13.8 Å². The number of carboxylic acid groups (broad SMARTS) is 1. The van der Waals surface area contributed by atoms with Crippen LogP contribution in [0.1, 0.15) is 65.9 Å². The van der Waals surface area contributed by atoms with E-state index in [9.17, 15) is 19.8 Å². The van der Waals surface area contributed by atoms with Gasteiger partial charge in [-0.25, -0.2) is 4.79 Å². The maximum Gasteiger partial charge on any atom is 0.409 e. The summed E-state index contributed by atoms with van der Waals surface area (Å²) in [7, 11) is 0. The normalized spacial score (nSPS) is 30.2. The highest BCUT2D eigenvalue weighted by molar-refractivity contribution is 5.79. The summed E-state index contributed by atoms with van der Waals surface area (Å²) >= 11 is 0. The molecule has 5 atom stereocenters. The van der Waals surface area contributed by atoms with Crippen molar-refractivity contribution in [2.24, 2.45) is 11.8 Å². The van der Waals surface area contributed by atoms with Crippen LogP contribution in [0.3, 0.4) is 0 Å². The van der Waals surface area contributed by atoms with Gasteiger partial charge in [0.1, 0.15) is 5.72 Å². The van der Waals surface area contributed by atoms with E-state index >= 15 is 0 Å². The quantitative estimate of drug-likeness (QED) is 0.639. The zero-order valence-corrected chi connectivity index (χ0v) is 19.9. The summed E-state index contributed by atoms with van der Waals surface area (Å²) in [4.78, 5) is 26.6. The second-order valence-corrected chi connectivity index (χ2v) is 10.8. The lowest BCUT2D eigenvalue weighted by Gasteiger charge is -2.37. The van der Waals surface area contributed by atoms with Crippen molar-refractivity contribution in [1.29, 1.82) is 0 Å². The van der Waals surface area contributed by atoms with E-state index in [2.05, 4.69) is 5.32 Å². The predicted molar refractivity (Wildman–Crippen MR) is 122 cm³/mol. The summed E-state index contributed by atoms with van der Waals surface area (Å²) in [5, 5.41) is 23.4. The zero-order valence-electron chi connectivity index (χ0n) is 19.9. The van der Waals surface area contributed by atoms with E-state index in [0.29, 0.717) is 32.1 Å². The van der Waals surface area contributed by atoms with Crippen LogP contribution in [0.4, 0.5) is 4.79 Å². The summed E-state index contributed by atoms with van der Waals surface area (Å²) in [6.45, 7) is 9.43. The second kappa shape index (κ2) is 9.40. The standard InChI is InChI=1S/C25H38N2O5/c1-24(2,3)26-22(29)19-12-11-18(28)14-17(19)15-21-20(13-16-9-7-6-8-10-16)27(23(30)31)25(4,5)32-21/h6-10,17-21,28H,11-15H2,1-5H3,(H,26,29)(H,30,31). The molecule has 32 heavy (non-hydrogen) atoms. The lowest BCUT2D eigenvalue weighted by atomic mass is 9.73. The second-order valence-electron chi connectivity index (χ2n) is 10.8. The monoisotopic (exact) mass is 446 g/mol. The predicted octanol–water partition coefficient (Wildman–Crippen LogP) is 3.79. The molecule has 3 rings (SSSR count). The molecule has 0 spiro atoms. The maximum atomic E-state index is 13.0. The van der Waals surface area contributed by atoms with Crippen molar-refractivity contribution in [2.75, 3.05) is 0 Å². The topological polar surface area (TPSA) is 99.1 Å². The van der Waals surface area contributed by atoms with Gasteiger partial charge in [0.2, 0.25) is 5.91 Å². The molecule has 7 heteroatoms. The Labute approximate surface area is 191 Å². The Kier molecular flexibility index (Phi) is 7.20. The number of nitrogens with one attached hydrogen (secondary N) is 1. The Hall–Kier alpha value is -2.12. The molecule has 1 heterocycles. The molecule has 2 aliphatic rings. The highest BCUT2D eigenvalue weighted by Gasteiger charge is 2.51. The third-order valence-corrected chi connectivity index (χ3v) is 6.60. The fraction of sp³-hybridized carbons (Fsp3) is 0.680. The third-order valence-electron chi connectivity index (χ3n) is 6.60. The van der Waals surface area contributed by atoms with E-state index in [0.717, 1.165) is 5.56 Å². The molecule has 1 aromatic rings. The first-order valence-corrected chi connectivity index (χ1v) is 11.6. The number of benzene rings is 1. The van der Waals surface area contributed by atoms with Gasteiger partial charge in [0, 0.05) is 11.5 Å². The maximum absolute atomic E-state index is 13.0. The lowest BCUT2D eigenvalue weighted by molar-refractivity contribution is -0.131. The third kappa shape index (κ3) is 5.81. The summed E-state index contributed by atoms with van der Waals surface area (Å²) in [5.41, 5.74) is -0.257. The smallest absolute Gasteiger partial charge is 0.409 e. The summed E-state index contributed by atoms with van der Waals surface area (Å²) < 4.78 is 6.31. The van der Waals surface area contributed by atoms with E-state index in [4.69, 9.17) is 4.74 Å². The van der Waals surface area contributed by atoms with Crippen LogP contribution in [0.2, 0.25) is 0 Å². The molecule has 2 fully saturated rings. The molecule has 0 radical (unpaired) electrons. The minimum absolute atomic E-state index is 0.00126. The van der Waals surface area contributed by atoms with Gasteiger partial charge in [-0.2, -0.15) is 0 Å². The number of hydrogen-bond acceptors (Lipinski definition) is 4. The van der Waals surface area contributed by atoms with Crippen LogP contribution in [0.15, 0.2) is 30.3 Å². The van der Waals surface area contributed by atoms with E-state index in [-0.39, 0.29) is 35.4 Å². The Morgan fingerprint density at radius 3 is 2.44 bits per heavy atom. The molecular weight excluding hydrogens is 408 g/mol. The number of nitrogens with zero attached hydrogens (tertiary/aromatic N) is 1. The Morgan fingerprint density at radius 2 is 1.84 bits per heavy atom. The van der Waals surface area contributed by atoms with Gasteiger partial charge in [-0.3, -0.25) is 9.69 Å². The van der Waals surface area contributed by atoms with Gasteiger partial charge in [-0.05, 0) is 78.2 Å². The first-order valence-electron chi connectivity index (χ1n) is 11.6. The Bertz CT molecular complexity index is 804. The number of carbonyl (C=O) groups is 2. The molecule has 178 valence electrons. The zero-order chi connectivity index (χ0) is 23.7. The molecule has 1 aliphatic carbocycles. The number of aliphatic hydroxyl groups is 1. The molecule has 5 unspecified atom stereocenters. The van der Waals surface area contributed by atoms with Gasteiger partial charge < -0.3 is 20.3 Å². The van der Waals surface area contributed by atoms with E-state index in [1.165, 1.54) is 4.90 Å². The SMILES string of the molecule is CC(C)(C)NC(=O)C1CCC(O)CC1CC1OC(C)(C)N(C(=O)O)C1Cc1ccccc1. The van der Waals surface area contributed by atoms with Crippen molar-refractivity contribution in [3.8, 4) is 0 Å². The molecule has 0 bridgehead atoms. The largest absolute Gasteiger partial charge is 0.465 e. The minimum atomic E-state index is -1.01. The molecule has 2 amide bonds. The van der Waals surface area contributed by atoms with Gasteiger partial charge in [0.05, 0.1) is 18.2 Å². The number of aliphatic hydroxyl groups excluding tert-OH is 1. The number of carbonyl (C=O) groups excluding carboxylic acids is 1. The van der Waals surface area contributed by atoms with Gasteiger partial charge in [0.25, 0.3) is 0 Å². The van der Waals surface area contributed by atoms with Gasteiger partial charge in [-0.15, -0.1) is 0 Å². The molecular formula is C25H38N2O5. The van der Waals surface area contributed by atoms with Crippen molar-refractivity contribution < 1.29 is 24.5 Å². The van der Waals surface area contributed by atoms with Crippen molar-refractivity contribution in [3.63, 3.8) is 0 Å². The van der Waals surface area contributed by atoms with Crippen molar-refractivity contribution in [3.05, 3.63) is 35.9 Å². The molecule has 1 aromatic carbocycles. The van der Waals surface area contributed by atoms with Crippen molar-refractivity contribution in [2.45, 2.75) is 96.2 Å². The molecule has 1 saturated heterocycles. The van der Waals surface area contributed by atoms with E-state index in [1.807, 2.05) is 51.1 Å². The summed E-state index contributed by atoms with van der Waals surface area (Å²) in [6, 6.07) is 9.45. The van der Waals surface area contributed by atoms with Crippen LogP contribution in [0.25, 0.3) is 0 Å². The van der Waals surface area contributed by atoms with Gasteiger partial charge >= 0.3 is 6.09 Å². The van der Waals surface area contributed by atoms with Crippen molar-refractivity contribution in [1.82, 2.24) is 10.2 Å². The van der Waals surface area contributed by atoms with Gasteiger partial charge in [0.15, 0.2) is 0 Å². The van der Waals surface area contributed by atoms with Crippen LogP contribution in [0, 0.1) is 11.8 Å². The van der Waals surface area contributed by atoms with Crippen LogP contribution in [-0.4, -0.2) is 56.6 Å². The Balaban J connectivity index is 1.85. The lowest BCUT2D eigenvalue weighted by Crippen LogP contribution is -2.49. The van der Waals surface area contributed by atoms with E-state index < -0.39 is 17.9 Å². The molecule has 7 nitrogen and oxygen atoms in total. The average Bonchev–Trinajstić information content (AvgIpc) is 2.90. The average molecular weight is 447 g/mol. The van der Waals surface area contributed by atoms with Crippen LogP contribution in [-0.2, 0) is 16.0 Å². The van der Waals surface area contributed by atoms with Crippen LogP contribution in [0.5, 0.6) is 0 Å². The summed E-state index contributed by atoms with van der Waals surface area (Å²) in [6.07, 6.45) is 0.995. The fourth-order valence-electron chi connectivity index (χ4n) is 5.33. The summed E-state index contributed by atoms with van der Waals surface area (Å²) in [5.74, 6) is -0.295. The molecule has 3 N–H and O–H groups in total. The molecule has 0 aromatic heterocycles. The fourth-order valence-corrected chi connectivity index (χ4v) is 5.33. The van der Waals surface area contributed by atoms with Crippen LogP contribution >= 0.6 is 0 Å². The first-order chi connectivity index (χ1) is 14.9. The van der Waals surface area contributed by atoms with Gasteiger partial charge in [-0.1, -0.05) is 30.3 Å². The highest BCUT2D eigenvalue weighted by atomic mass is 16.6.